The molecule has 18 heavy (non-hydrogen) atoms. The van der Waals surface area contributed by atoms with Gasteiger partial charge in [-0.25, -0.2) is 0 Å². The molecule has 88 valence electrons. The molecule has 0 spiro atoms. The van der Waals surface area contributed by atoms with Crippen LogP contribution in [0.25, 0.3) is 22.3 Å². The predicted octanol–water partition coefficient (Wildman–Crippen LogP) is 3.31. The lowest BCUT2D eigenvalue weighted by atomic mass is 10.1. The van der Waals surface area contributed by atoms with E-state index in [9.17, 15) is 0 Å². The van der Waals surface area contributed by atoms with Gasteiger partial charge in [0.05, 0.1) is 23.1 Å². The van der Waals surface area contributed by atoms with E-state index in [1.807, 2.05) is 44.3 Å². The second-order valence-electron chi connectivity index (χ2n) is 4.38. The minimum atomic E-state index is 0.895. The molecule has 0 aliphatic rings. The molecule has 0 N–H and O–H groups in total. The number of aryl methyl sites for hydroxylation is 2. The maximum Gasteiger partial charge on any atom is 0.0915 e. The van der Waals surface area contributed by atoms with Gasteiger partial charge in [0.1, 0.15) is 0 Å². The van der Waals surface area contributed by atoms with Crippen LogP contribution in [-0.4, -0.2) is 15.0 Å². The van der Waals surface area contributed by atoms with E-state index in [0.29, 0.717) is 0 Å². The summed E-state index contributed by atoms with van der Waals surface area (Å²) in [6.07, 6.45) is 3.60. The molecule has 3 aromatic rings. The Labute approximate surface area is 106 Å². The van der Waals surface area contributed by atoms with Gasteiger partial charge in [0.15, 0.2) is 0 Å². The predicted molar refractivity (Wildman–Crippen MR) is 72.2 cm³/mol. The lowest BCUT2D eigenvalue weighted by Crippen LogP contribution is -1.92. The van der Waals surface area contributed by atoms with E-state index in [-0.39, 0.29) is 0 Å². The lowest BCUT2D eigenvalue weighted by molar-refractivity contribution is 1.20. The normalized spacial score (nSPS) is 10.8. The van der Waals surface area contributed by atoms with Crippen molar-refractivity contribution in [3.63, 3.8) is 0 Å². The average molecular weight is 235 g/mol. The van der Waals surface area contributed by atoms with E-state index in [1.54, 1.807) is 6.20 Å². The molecule has 0 fully saturated rings. The fraction of sp³-hybridized carbons (Fsp3) is 0.133. The molecular weight excluding hydrogens is 222 g/mol. The summed E-state index contributed by atoms with van der Waals surface area (Å²) in [4.78, 5) is 13.3. The van der Waals surface area contributed by atoms with Gasteiger partial charge < -0.3 is 0 Å². The second-order valence-corrected chi connectivity index (χ2v) is 4.38. The maximum atomic E-state index is 4.45. The molecule has 0 saturated carbocycles. The van der Waals surface area contributed by atoms with E-state index in [4.69, 9.17) is 0 Å². The summed E-state index contributed by atoms with van der Waals surface area (Å²) in [5.74, 6) is 0. The quantitative estimate of drug-likeness (QED) is 0.649. The van der Waals surface area contributed by atoms with Gasteiger partial charge in [0.2, 0.25) is 0 Å². The molecule has 0 atom stereocenters. The maximum absolute atomic E-state index is 4.45. The largest absolute Gasteiger partial charge is 0.254 e. The molecule has 0 amide bonds. The summed E-state index contributed by atoms with van der Waals surface area (Å²) in [6, 6.07) is 10.1. The van der Waals surface area contributed by atoms with Crippen molar-refractivity contribution < 1.29 is 0 Å². The number of nitrogens with zero attached hydrogens (tertiary/aromatic N) is 3. The molecule has 3 nitrogen and oxygen atoms in total. The molecule has 0 aliphatic carbocycles. The molecule has 0 aromatic carbocycles. The van der Waals surface area contributed by atoms with Gasteiger partial charge in [0, 0.05) is 17.3 Å². The molecule has 0 radical (unpaired) electrons. The topological polar surface area (TPSA) is 38.7 Å². The van der Waals surface area contributed by atoms with Crippen LogP contribution in [0.15, 0.2) is 42.7 Å². The van der Waals surface area contributed by atoms with Crippen LogP contribution in [0.1, 0.15) is 11.3 Å². The Hall–Kier alpha value is -2.29. The van der Waals surface area contributed by atoms with E-state index < -0.39 is 0 Å². The van der Waals surface area contributed by atoms with Gasteiger partial charge >= 0.3 is 0 Å². The van der Waals surface area contributed by atoms with E-state index in [2.05, 4.69) is 21.0 Å². The van der Waals surface area contributed by atoms with Crippen molar-refractivity contribution in [1.29, 1.82) is 0 Å². The first kappa shape index (κ1) is 10.8. The third-order valence-corrected chi connectivity index (χ3v) is 2.97. The second kappa shape index (κ2) is 4.18. The summed E-state index contributed by atoms with van der Waals surface area (Å²) >= 11 is 0. The van der Waals surface area contributed by atoms with Crippen LogP contribution in [0.3, 0.4) is 0 Å². The molecule has 0 bridgehead atoms. The first-order valence-electron chi connectivity index (χ1n) is 5.89. The van der Waals surface area contributed by atoms with Crippen molar-refractivity contribution in [1.82, 2.24) is 15.0 Å². The highest BCUT2D eigenvalue weighted by Gasteiger charge is 2.05. The van der Waals surface area contributed by atoms with Crippen LogP contribution >= 0.6 is 0 Å². The van der Waals surface area contributed by atoms with Gasteiger partial charge in [0.25, 0.3) is 0 Å². The summed E-state index contributed by atoms with van der Waals surface area (Å²) in [5, 5.41) is 1.09. The van der Waals surface area contributed by atoms with Crippen molar-refractivity contribution in [2.75, 3.05) is 0 Å². The van der Waals surface area contributed by atoms with Crippen LogP contribution in [0, 0.1) is 13.8 Å². The van der Waals surface area contributed by atoms with Crippen molar-refractivity contribution in [2.24, 2.45) is 0 Å². The Morgan fingerprint density at radius 1 is 1.00 bits per heavy atom. The highest BCUT2D eigenvalue weighted by Crippen LogP contribution is 2.21. The number of pyridine rings is 3. The Morgan fingerprint density at radius 2 is 1.89 bits per heavy atom. The summed E-state index contributed by atoms with van der Waals surface area (Å²) < 4.78 is 0. The number of hydrogen-bond acceptors (Lipinski definition) is 3. The molecule has 0 saturated heterocycles. The van der Waals surface area contributed by atoms with Crippen LogP contribution in [0.5, 0.6) is 0 Å². The monoisotopic (exact) mass is 235 g/mol. The van der Waals surface area contributed by atoms with Gasteiger partial charge in [-0.2, -0.15) is 0 Å². The number of fused-ring (bicyclic) bond motifs is 1. The van der Waals surface area contributed by atoms with Crippen LogP contribution in [0.4, 0.5) is 0 Å². The molecular formula is C15H13N3. The van der Waals surface area contributed by atoms with Crippen molar-refractivity contribution in [3.05, 3.63) is 54.0 Å². The highest BCUT2D eigenvalue weighted by atomic mass is 14.8. The van der Waals surface area contributed by atoms with Crippen molar-refractivity contribution in [3.8, 4) is 11.4 Å². The Bertz CT molecular complexity index is 720. The first-order valence-corrected chi connectivity index (χ1v) is 5.89. The minimum Gasteiger partial charge on any atom is -0.254 e. The zero-order chi connectivity index (χ0) is 12.5. The minimum absolute atomic E-state index is 0.895. The van der Waals surface area contributed by atoms with Gasteiger partial charge in [-0.05, 0) is 37.6 Å². The SMILES string of the molecule is Cc1ccc2cc(-c3ncccc3C)ncc2n1. The number of aromatic nitrogens is 3. The van der Waals surface area contributed by atoms with Crippen LogP contribution in [0.2, 0.25) is 0 Å². The van der Waals surface area contributed by atoms with Gasteiger partial charge in [-0.15, -0.1) is 0 Å². The molecule has 0 aliphatic heterocycles. The highest BCUT2D eigenvalue weighted by molar-refractivity contribution is 5.81. The van der Waals surface area contributed by atoms with E-state index in [1.165, 1.54) is 0 Å². The molecule has 3 heteroatoms. The standard InChI is InChI=1S/C15H13N3/c1-10-4-3-7-16-15(10)13-8-12-6-5-11(2)18-14(12)9-17-13/h3-9H,1-2H3. The van der Waals surface area contributed by atoms with E-state index >= 15 is 0 Å². The number of rotatable bonds is 1. The fourth-order valence-corrected chi connectivity index (χ4v) is 2.01. The zero-order valence-electron chi connectivity index (χ0n) is 10.4. The van der Waals surface area contributed by atoms with Crippen LogP contribution < -0.4 is 0 Å². The summed E-state index contributed by atoms with van der Waals surface area (Å²) in [7, 11) is 0. The Balaban J connectivity index is 2.20. The fourth-order valence-electron chi connectivity index (χ4n) is 2.01. The molecule has 0 unspecified atom stereocenters. The summed E-state index contributed by atoms with van der Waals surface area (Å²) in [5.41, 5.74) is 4.88. The molecule has 3 heterocycles. The Morgan fingerprint density at radius 3 is 2.72 bits per heavy atom. The lowest BCUT2D eigenvalue weighted by Gasteiger charge is -2.05. The van der Waals surface area contributed by atoms with Crippen molar-refractivity contribution in [2.45, 2.75) is 13.8 Å². The first-order chi connectivity index (χ1) is 8.74. The smallest absolute Gasteiger partial charge is 0.0915 e. The third kappa shape index (κ3) is 1.84. The summed E-state index contributed by atoms with van der Waals surface area (Å²) in [6.45, 7) is 4.03. The average Bonchev–Trinajstić information content (AvgIpc) is 2.39. The zero-order valence-corrected chi connectivity index (χ0v) is 10.4. The Kier molecular flexibility index (Phi) is 2.52. The molecule has 3 rings (SSSR count). The van der Waals surface area contributed by atoms with Gasteiger partial charge in [-0.1, -0.05) is 12.1 Å². The van der Waals surface area contributed by atoms with Crippen molar-refractivity contribution >= 4 is 10.9 Å². The van der Waals surface area contributed by atoms with Gasteiger partial charge in [-0.3, -0.25) is 15.0 Å². The van der Waals surface area contributed by atoms with E-state index in [0.717, 1.165) is 33.5 Å². The van der Waals surface area contributed by atoms with Crippen LogP contribution in [-0.2, 0) is 0 Å². The third-order valence-electron chi connectivity index (χ3n) is 2.97. The molecule has 3 aromatic heterocycles. The number of hydrogen-bond donors (Lipinski definition) is 0.